The summed E-state index contributed by atoms with van der Waals surface area (Å²) in [4.78, 5) is 16.8. The molecule has 128 valence electrons. The van der Waals surface area contributed by atoms with E-state index >= 15 is 0 Å². The first kappa shape index (κ1) is 18.1. The van der Waals surface area contributed by atoms with Crippen LogP contribution in [0.3, 0.4) is 0 Å². The van der Waals surface area contributed by atoms with Gasteiger partial charge in [0, 0.05) is 24.2 Å². The third-order valence-electron chi connectivity index (χ3n) is 4.41. The molecule has 0 saturated carbocycles. The molecule has 1 aliphatic rings. The van der Waals surface area contributed by atoms with Crippen LogP contribution in [0.4, 0.5) is 0 Å². The van der Waals surface area contributed by atoms with E-state index in [1.807, 2.05) is 39.2 Å². The Balaban J connectivity index is 2.09. The Morgan fingerprint density at radius 3 is 2.91 bits per heavy atom. The molecule has 0 aromatic heterocycles. The van der Waals surface area contributed by atoms with Crippen molar-refractivity contribution in [2.24, 2.45) is 0 Å². The molecule has 2 rings (SSSR count). The lowest BCUT2D eigenvalue weighted by molar-refractivity contribution is -0.135. The van der Waals surface area contributed by atoms with E-state index < -0.39 is 0 Å². The highest BCUT2D eigenvalue weighted by Gasteiger charge is 2.27. The summed E-state index contributed by atoms with van der Waals surface area (Å²) in [6.07, 6.45) is 4.44. The van der Waals surface area contributed by atoms with E-state index in [-0.39, 0.29) is 11.9 Å². The minimum absolute atomic E-state index is 0.0165. The number of hydrogen-bond donors (Lipinski definition) is 0. The van der Waals surface area contributed by atoms with E-state index in [0.29, 0.717) is 18.2 Å². The minimum atomic E-state index is -0.0165. The van der Waals surface area contributed by atoms with Gasteiger partial charge in [0.25, 0.3) is 0 Å². The van der Waals surface area contributed by atoms with Gasteiger partial charge in [0.15, 0.2) is 0 Å². The molecule has 1 amide bonds. The number of halogens is 1. The first-order valence-electron chi connectivity index (χ1n) is 8.39. The number of carbonyl (C=O) groups excluding carboxylic acids is 1. The highest BCUT2D eigenvalue weighted by atomic mass is 35.5. The lowest BCUT2D eigenvalue weighted by Gasteiger charge is -2.29. The molecule has 1 fully saturated rings. The van der Waals surface area contributed by atoms with Gasteiger partial charge in [-0.15, -0.1) is 0 Å². The van der Waals surface area contributed by atoms with Crippen molar-refractivity contribution in [1.29, 1.82) is 0 Å². The van der Waals surface area contributed by atoms with Gasteiger partial charge in [-0.1, -0.05) is 24.4 Å². The zero-order chi connectivity index (χ0) is 16.8. The molecule has 0 N–H and O–H groups in total. The van der Waals surface area contributed by atoms with Gasteiger partial charge in [-0.05, 0) is 51.6 Å². The number of amides is 1. The van der Waals surface area contributed by atoms with E-state index in [2.05, 4.69) is 4.90 Å². The molecule has 1 saturated heterocycles. The first-order chi connectivity index (χ1) is 11.0. The molecule has 5 heteroatoms. The van der Waals surface area contributed by atoms with E-state index in [1.54, 1.807) is 4.90 Å². The van der Waals surface area contributed by atoms with Gasteiger partial charge in [0.05, 0.1) is 12.6 Å². The molecule has 23 heavy (non-hydrogen) atoms. The monoisotopic (exact) mass is 338 g/mol. The summed E-state index contributed by atoms with van der Waals surface area (Å²) in [7, 11) is 3.91. The quantitative estimate of drug-likeness (QED) is 0.822. The lowest BCUT2D eigenvalue weighted by Crippen LogP contribution is -2.45. The van der Waals surface area contributed by atoms with Gasteiger partial charge in [0.1, 0.15) is 5.75 Å². The fourth-order valence-electron chi connectivity index (χ4n) is 3.12. The number of rotatable bonds is 5. The van der Waals surface area contributed by atoms with E-state index in [4.69, 9.17) is 16.3 Å². The zero-order valence-corrected chi connectivity index (χ0v) is 15.1. The Morgan fingerprint density at radius 1 is 1.39 bits per heavy atom. The number of nitrogens with zero attached hydrogens (tertiary/aromatic N) is 2. The summed E-state index contributed by atoms with van der Waals surface area (Å²) in [5.41, 5.74) is 0.950. The van der Waals surface area contributed by atoms with Crippen molar-refractivity contribution in [3.8, 4) is 5.75 Å². The van der Waals surface area contributed by atoms with Crippen molar-refractivity contribution in [3.63, 3.8) is 0 Å². The molecule has 1 heterocycles. The number of benzene rings is 1. The van der Waals surface area contributed by atoms with Crippen molar-refractivity contribution >= 4 is 17.5 Å². The number of carbonyl (C=O) groups is 1. The molecule has 1 aliphatic heterocycles. The Bertz CT molecular complexity index is 536. The molecule has 0 bridgehead atoms. The lowest BCUT2D eigenvalue weighted by atomic mass is 10.1. The number of ether oxygens (including phenoxy) is 1. The SMILES string of the molecule is CCOc1ccc(Cl)cc1CN(C)C(=O)[C@H]1CCCCCN1C. The number of hydrogen-bond acceptors (Lipinski definition) is 3. The highest BCUT2D eigenvalue weighted by Crippen LogP contribution is 2.25. The highest BCUT2D eigenvalue weighted by molar-refractivity contribution is 6.30. The largest absolute Gasteiger partial charge is 0.494 e. The van der Waals surface area contributed by atoms with E-state index in [0.717, 1.165) is 30.7 Å². The van der Waals surface area contributed by atoms with E-state index in [9.17, 15) is 4.79 Å². The number of likely N-dealkylation sites (tertiary alicyclic amines) is 1. The fourth-order valence-corrected chi connectivity index (χ4v) is 3.31. The van der Waals surface area contributed by atoms with Gasteiger partial charge in [0.2, 0.25) is 5.91 Å². The molecule has 0 unspecified atom stereocenters. The van der Waals surface area contributed by atoms with Crippen LogP contribution in [0, 0.1) is 0 Å². The van der Waals surface area contributed by atoms with E-state index in [1.165, 1.54) is 12.8 Å². The topological polar surface area (TPSA) is 32.8 Å². The Hall–Kier alpha value is -1.26. The second-order valence-electron chi connectivity index (χ2n) is 6.23. The second kappa shape index (κ2) is 8.55. The summed E-state index contributed by atoms with van der Waals surface area (Å²) in [5.74, 6) is 0.975. The second-order valence-corrected chi connectivity index (χ2v) is 6.66. The molecule has 1 aromatic carbocycles. The van der Waals surface area contributed by atoms with Crippen molar-refractivity contribution in [1.82, 2.24) is 9.80 Å². The smallest absolute Gasteiger partial charge is 0.239 e. The van der Waals surface area contributed by atoms with Crippen LogP contribution in [0.5, 0.6) is 5.75 Å². The average Bonchev–Trinajstić information content (AvgIpc) is 2.74. The molecular formula is C18H27ClN2O2. The average molecular weight is 339 g/mol. The van der Waals surface area contributed by atoms with Crippen LogP contribution >= 0.6 is 11.6 Å². The van der Waals surface area contributed by atoms with Gasteiger partial charge < -0.3 is 9.64 Å². The van der Waals surface area contributed by atoms with Crippen molar-refractivity contribution < 1.29 is 9.53 Å². The van der Waals surface area contributed by atoms with Gasteiger partial charge in [-0.3, -0.25) is 9.69 Å². The molecular weight excluding hydrogens is 312 g/mol. The van der Waals surface area contributed by atoms with Crippen molar-refractivity contribution in [2.45, 2.75) is 45.2 Å². The fraction of sp³-hybridized carbons (Fsp3) is 0.611. The molecule has 4 nitrogen and oxygen atoms in total. The Kier molecular flexibility index (Phi) is 6.72. The van der Waals surface area contributed by atoms with Crippen LogP contribution in [0.1, 0.15) is 38.2 Å². The van der Waals surface area contributed by atoms with Gasteiger partial charge in [-0.2, -0.15) is 0 Å². The maximum atomic E-state index is 12.8. The normalized spacial score (nSPS) is 19.2. The van der Waals surface area contributed by atoms with Crippen molar-refractivity contribution in [3.05, 3.63) is 28.8 Å². The standard InChI is InChI=1S/C18H27ClN2O2/c1-4-23-17-10-9-15(19)12-14(17)13-21(3)18(22)16-8-6-5-7-11-20(16)2/h9-10,12,16H,4-8,11,13H2,1-3H3/t16-/m1/s1. The maximum Gasteiger partial charge on any atom is 0.239 e. The summed E-state index contributed by atoms with van der Waals surface area (Å²) in [6, 6.07) is 5.55. The summed E-state index contributed by atoms with van der Waals surface area (Å²) < 4.78 is 5.65. The molecule has 0 radical (unpaired) electrons. The Labute approximate surface area is 144 Å². The van der Waals surface area contributed by atoms with Crippen LogP contribution in [-0.2, 0) is 11.3 Å². The van der Waals surface area contributed by atoms with Crippen molar-refractivity contribution in [2.75, 3.05) is 27.2 Å². The van der Waals surface area contributed by atoms with Crippen LogP contribution in [0.2, 0.25) is 5.02 Å². The maximum absolute atomic E-state index is 12.8. The molecule has 0 aliphatic carbocycles. The zero-order valence-electron chi connectivity index (χ0n) is 14.3. The third kappa shape index (κ3) is 4.85. The summed E-state index contributed by atoms with van der Waals surface area (Å²) in [6.45, 7) is 4.05. The predicted molar refractivity (Wildman–Crippen MR) is 94.0 cm³/mol. The molecule has 1 atom stereocenters. The summed E-state index contributed by atoms with van der Waals surface area (Å²) >= 11 is 6.11. The first-order valence-corrected chi connectivity index (χ1v) is 8.77. The van der Waals surface area contributed by atoms with Gasteiger partial charge in [-0.25, -0.2) is 0 Å². The van der Waals surface area contributed by atoms with Crippen LogP contribution in [-0.4, -0.2) is 49.0 Å². The number of likely N-dealkylation sites (N-methyl/N-ethyl adjacent to an activating group) is 2. The molecule has 0 spiro atoms. The van der Waals surface area contributed by atoms with Crippen LogP contribution in [0.25, 0.3) is 0 Å². The van der Waals surface area contributed by atoms with Crippen LogP contribution in [0.15, 0.2) is 18.2 Å². The molecule has 1 aromatic rings. The third-order valence-corrected chi connectivity index (χ3v) is 4.65. The van der Waals surface area contributed by atoms with Gasteiger partial charge >= 0.3 is 0 Å². The predicted octanol–water partition coefficient (Wildman–Crippen LogP) is 3.57. The van der Waals surface area contributed by atoms with Crippen LogP contribution < -0.4 is 4.74 Å². The summed E-state index contributed by atoms with van der Waals surface area (Å²) in [5, 5.41) is 0.663. The Morgan fingerprint density at radius 2 is 2.17 bits per heavy atom. The minimum Gasteiger partial charge on any atom is -0.494 e.